The van der Waals surface area contributed by atoms with Gasteiger partial charge >= 0.3 is 0 Å². The summed E-state index contributed by atoms with van der Waals surface area (Å²) in [5.74, 6) is 0.775. The molecule has 5 heteroatoms. The highest BCUT2D eigenvalue weighted by molar-refractivity contribution is 6.00. The van der Waals surface area contributed by atoms with Gasteiger partial charge < -0.3 is 20.4 Å². The number of benzene rings is 3. The minimum atomic E-state index is -0.0408. The van der Waals surface area contributed by atoms with Gasteiger partial charge in [-0.2, -0.15) is 0 Å². The first kappa shape index (κ1) is 19.7. The minimum absolute atomic E-state index is 0.0293. The molecule has 0 bridgehead atoms. The van der Waals surface area contributed by atoms with Crippen LogP contribution in [0.5, 0.6) is 5.75 Å². The summed E-state index contributed by atoms with van der Waals surface area (Å²) in [5, 5.41) is 11.5. The second-order valence-corrected chi connectivity index (χ2v) is 7.45. The summed E-state index contributed by atoms with van der Waals surface area (Å²) in [6.07, 6.45) is 0.594. The van der Waals surface area contributed by atoms with E-state index < -0.39 is 0 Å². The Morgan fingerprint density at radius 3 is 2.33 bits per heavy atom. The summed E-state index contributed by atoms with van der Waals surface area (Å²) in [4.78, 5) is 14.9. The molecule has 152 valence electrons. The third kappa shape index (κ3) is 4.35. The lowest BCUT2D eigenvalue weighted by atomic mass is 10.0. The second-order valence-electron chi connectivity index (χ2n) is 7.45. The molecule has 4 rings (SSSR count). The van der Waals surface area contributed by atoms with E-state index in [0.717, 1.165) is 22.6 Å². The molecule has 1 saturated heterocycles. The Kier molecular flexibility index (Phi) is 5.80. The molecule has 2 N–H and O–H groups in total. The number of carbonyl (C=O) groups excluding carboxylic acids is 1. The van der Waals surface area contributed by atoms with Gasteiger partial charge in [-0.1, -0.05) is 42.5 Å². The number of hydrogen-bond acceptors (Lipinski definition) is 4. The third-order valence-electron chi connectivity index (χ3n) is 5.42. The Bertz CT molecular complexity index is 1010. The van der Waals surface area contributed by atoms with Crippen molar-refractivity contribution in [1.82, 2.24) is 4.90 Å². The molecule has 1 aliphatic heterocycles. The van der Waals surface area contributed by atoms with Gasteiger partial charge in [-0.05, 0) is 47.5 Å². The molecule has 0 aliphatic carbocycles. The van der Waals surface area contributed by atoms with Crippen molar-refractivity contribution in [3.05, 3.63) is 84.4 Å². The number of carbonyl (C=O) groups is 1. The largest absolute Gasteiger partial charge is 0.497 e. The van der Waals surface area contributed by atoms with Crippen molar-refractivity contribution < 1.29 is 9.53 Å². The molecule has 1 unspecified atom stereocenters. The number of likely N-dealkylation sites (tertiary alicyclic amines) is 1. The molecule has 0 radical (unpaired) electrons. The fraction of sp³-hybridized carbons (Fsp3) is 0.200. The maximum atomic E-state index is 13.1. The van der Waals surface area contributed by atoms with Gasteiger partial charge in [-0.15, -0.1) is 0 Å². The zero-order valence-corrected chi connectivity index (χ0v) is 17.0. The topological polar surface area (TPSA) is 65.4 Å². The van der Waals surface area contributed by atoms with Crippen LogP contribution in [0.4, 0.5) is 5.69 Å². The summed E-state index contributed by atoms with van der Waals surface area (Å²) in [7, 11) is 1.64. The smallest absolute Gasteiger partial charge is 0.254 e. The summed E-state index contributed by atoms with van der Waals surface area (Å²) >= 11 is 0. The highest BCUT2D eigenvalue weighted by Crippen LogP contribution is 2.23. The molecule has 0 spiro atoms. The zero-order valence-electron chi connectivity index (χ0n) is 17.0. The molecule has 3 aromatic carbocycles. The van der Waals surface area contributed by atoms with Gasteiger partial charge in [-0.3, -0.25) is 4.79 Å². The van der Waals surface area contributed by atoms with Gasteiger partial charge in [0.25, 0.3) is 5.91 Å². The van der Waals surface area contributed by atoms with Crippen LogP contribution < -0.4 is 10.1 Å². The van der Waals surface area contributed by atoms with Crippen LogP contribution >= 0.6 is 0 Å². The molecule has 5 nitrogen and oxygen atoms in total. The van der Waals surface area contributed by atoms with Crippen LogP contribution in [0.2, 0.25) is 0 Å². The van der Waals surface area contributed by atoms with E-state index in [1.54, 1.807) is 12.0 Å². The van der Waals surface area contributed by atoms with Crippen LogP contribution in [0.15, 0.2) is 78.9 Å². The highest BCUT2D eigenvalue weighted by atomic mass is 16.5. The molecule has 30 heavy (non-hydrogen) atoms. The lowest BCUT2D eigenvalue weighted by Crippen LogP contribution is -2.39. The first-order chi connectivity index (χ1) is 14.6. The van der Waals surface area contributed by atoms with Gasteiger partial charge in [0.1, 0.15) is 5.75 Å². The Hall–Kier alpha value is -3.60. The average molecular weight is 399 g/mol. The number of ether oxygens (including phenoxy) is 1. The van der Waals surface area contributed by atoms with Gasteiger partial charge in [0.2, 0.25) is 0 Å². The maximum absolute atomic E-state index is 13.1. The van der Waals surface area contributed by atoms with E-state index >= 15 is 0 Å². The number of amides is 1. The summed E-state index contributed by atoms with van der Waals surface area (Å²) in [6, 6.07) is 25.5. The average Bonchev–Trinajstić information content (AvgIpc) is 3.18. The standard InChI is InChI=1S/C25H25N3O2/c1-30-24-13-11-22(12-14-24)27-16-23-15-21(26)17-28(23)25(29)20-9-7-19(8-10-20)18-5-3-2-4-6-18/h2-14,23,26-27H,15-17H2,1H3. The monoisotopic (exact) mass is 399 g/mol. The summed E-state index contributed by atoms with van der Waals surface area (Å²) in [5.41, 5.74) is 4.42. The number of nitrogens with one attached hydrogen (secondary N) is 2. The van der Waals surface area contributed by atoms with Crippen LogP contribution in [-0.4, -0.2) is 42.8 Å². The molecular formula is C25H25N3O2. The molecule has 3 aromatic rings. The van der Waals surface area contributed by atoms with E-state index in [4.69, 9.17) is 10.1 Å². The van der Waals surface area contributed by atoms with E-state index in [2.05, 4.69) is 17.4 Å². The van der Waals surface area contributed by atoms with Crippen LogP contribution in [-0.2, 0) is 0 Å². The lowest BCUT2D eigenvalue weighted by molar-refractivity contribution is 0.0748. The first-order valence-corrected chi connectivity index (χ1v) is 10.0. The number of rotatable bonds is 6. The second kappa shape index (κ2) is 8.82. The highest BCUT2D eigenvalue weighted by Gasteiger charge is 2.32. The molecule has 1 aliphatic rings. The number of nitrogens with zero attached hydrogens (tertiary/aromatic N) is 1. The van der Waals surface area contributed by atoms with Crippen LogP contribution in [0.1, 0.15) is 16.8 Å². The predicted octanol–water partition coefficient (Wildman–Crippen LogP) is 4.71. The minimum Gasteiger partial charge on any atom is -0.497 e. The van der Waals surface area contributed by atoms with E-state index in [1.807, 2.05) is 66.7 Å². The Morgan fingerprint density at radius 2 is 1.67 bits per heavy atom. The molecule has 1 atom stereocenters. The number of methoxy groups -OCH3 is 1. The first-order valence-electron chi connectivity index (χ1n) is 10.0. The van der Waals surface area contributed by atoms with Gasteiger partial charge in [0.15, 0.2) is 0 Å². The molecular weight excluding hydrogens is 374 g/mol. The van der Waals surface area contributed by atoms with Crippen molar-refractivity contribution >= 4 is 17.3 Å². The fourth-order valence-corrected chi connectivity index (χ4v) is 3.76. The van der Waals surface area contributed by atoms with E-state index in [1.165, 1.54) is 0 Å². The van der Waals surface area contributed by atoms with Crippen molar-refractivity contribution in [3.8, 4) is 16.9 Å². The van der Waals surface area contributed by atoms with Crippen LogP contribution in [0.25, 0.3) is 11.1 Å². The van der Waals surface area contributed by atoms with Crippen molar-refractivity contribution in [2.24, 2.45) is 0 Å². The summed E-state index contributed by atoms with van der Waals surface area (Å²) in [6.45, 7) is 0.983. The zero-order chi connectivity index (χ0) is 20.9. The molecule has 0 saturated carbocycles. The van der Waals surface area contributed by atoms with Crippen molar-refractivity contribution in [1.29, 1.82) is 5.41 Å². The fourth-order valence-electron chi connectivity index (χ4n) is 3.76. The number of hydrogen-bond donors (Lipinski definition) is 2. The van der Waals surface area contributed by atoms with E-state index in [9.17, 15) is 4.79 Å². The SMILES string of the molecule is COc1ccc(NCC2CC(=N)CN2C(=O)c2ccc(-c3ccccc3)cc2)cc1. The third-order valence-corrected chi connectivity index (χ3v) is 5.42. The summed E-state index contributed by atoms with van der Waals surface area (Å²) < 4.78 is 5.19. The maximum Gasteiger partial charge on any atom is 0.254 e. The Labute approximate surface area is 176 Å². The Morgan fingerprint density at radius 1 is 1.00 bits per heavy atom. The lowest BCUT2D eigenvalue weighted by Gasteiger charge is -2.25. The van der Waals surface area contributed by atoms with Gasteiger partial charge in [-0.25, -0.2) is 0 Å². The predicted molar refractivity (Wildman–Crippen MR) is 121 cm³/mol. The van der Waals surface area contributed by atoms with Gasteiger partial charge in [0, 0.05) is 29.9 Å². The molecule has 1 heterocycles. The quantitative estimate of drug-likeness (QED) is 0.631. The Balaban J connectivity index is 1.44. The van der Waals surface area contributed by atoms with Crippen molar-refractivity contribution in [3.63, 3.8) is 0 Å². The van der Waals surface area contributed by atoms with E-state index in [-0.39, 0.29) is 11.9 Å². The molecule has 1 amide bonds. The van der Waals surface area contributed by atoms with E-state index in [0.29, 0.717) is 30.8 Å². The van der Waals surface area contributed by atoms with Gasteiger partial charge in [0.05, 0.1) is 19.7 Å². The molecule has 1 fully saturated rings. The van der Waals surface area contributed by atoms with Crippen LogP contribution in [0, 0.1) is 5.41 Å². The molecule has 0 aromatic heterocycles. The normalized spacial score (nSPS) is 15.8. The van der Waals surface area contributed by atoms with Crippen molar-refractivity contribution in [2.75, 3.05) is 25.5 Å². The van der Waals surface area contributed by atoms with Crippen molar-refractivity contribution in [2.45, 2.75) is 12.5 Å². The number of anilines is 1. The van der Waals surface area contributed by atoms with Crippen LogP contribution in [0.3, 0.4) is 0 Å².